The minimum atomic E-state index is -0.817. The minimum Gasteiger partial charge on any atom is -0.396 e. The molecule has 2 heterocycles. The first-order valence-corrected chi connectivity index (χ1v) is 10.1. The SMILES string of the molecule is O=C(Nc1ccc(-n2ccccc2=O)cc1F)[C@@H]1C(CO)[C@@H]1C(=O)Nc1ccc(Cl)cn1. The Morgan fingerprint density at radius 3 is 2.47 bits per heavy atom. The van der Waals surface area contributed by atoms with Crippen LogP contribution in [0.5, 0.6) is 0 Å². The molecule has 164 valence electrons. The smallest absolute Gasteiger partial charge is 0.255 e. The normalized spacial score (nSPS) is 19.3. The first-order chi connectivity index (χ1) is 15.4. The van der Waals surface area contributed by atoms with Gasteiger partial charge in [-0.25, -0.2) is 9.37 Å². The second-order valence-corrected chi connectivity index (χ2v) is 7.75. The summed E-state index contributed by atoms with van der Waals surface area (Å²) in [5.74, 6) is -3.72. The van der Waals surface area contributed by atoms with Gasteiger partial charge in [-0.2, -0.15) is 0 Å². The molecule has 3 N–H and O–H groups in total. The van der Waals surface area contributed by atoms with Crippen LogP contribution in [0.25, 0.3) is 5.69 Å². The molecule has 1 fully saturated rings. The average molecular weight is 457 g/mol. The third kappa shape index (κ3) is 4.39. The van der Waals surface area contributed by atoms with Gasteiger partial charge in [-0.1, -0.05) is 17.7 Å². The molecule has 2 aromatic heterocycles. The molecule has 0 bridgehead atoms. The molecule has 1 saturated carbocycles. The third-order valence-corrected chi connectivity index (χ3v) is 5.50. The molecule has 0 aliphatic heterocycles. The summed E-state index contributed by atoms with van der Waals surface area (Å²) in [6.07, 6.45) is 2.87. The number of nitrogens with zero attached hydrogens (tertiary/aromatic N) is 2. The second-order valence-electron chi connectivity index (χ2n) is 7.31. The van der Waals surface area contributed by atoms with E-state index < -0.39 is 35.4 Å². The molecule has 4 rings (SSSR count). The van der Waals surface area contributed by atoms with Gasteiger partial charge in [-0.15, -0.1) is 0 Å². The molecule has 10 heteroatoms. The van der Waals surface area contributed by atoms with Crippen molar-refractivity contribution in [2.24, 2.45) is 17.8 Å². The molecular weight excluding hydrogens is 439 g/mol. The Labute approximate surface area is 186 Å². The zero-order valence-electron chi connectivity index (χ0n) is 16.5. The van der Waals surface area contributed by atoms with E-state index in [1.807, 2.05) is 0 Å². The maximum atomic E-state index is 14.6. The Balaban J connectivity index is 1.45. The van der Waals surface area contributed by atoms with Crippen molar-refractivity contribution in [1.29, 1.82) is 0 Å². The van der Waals surface area contributed by atoms with E-state index >= 15 is 0 Å². The summed E-state index contributed by atoms with van der Waals surface area (Å²) in [7, 11) is 0. The highest BCUT2D eigenvalue weighted by Crippen LogP contribution is 2.47. The van der Waals surface area contributed by atoms with Crippen LogP contribution in [0.2, 0.25) is 5.02 Å². The number of anilines is 2. The molecule has 3 atom stereocenters. The lowest BCUT2D eigenvalue weighted by atomic mass is 10.2. The Kier molecular flexibility index (Phi) is 6.02. The van der Waals surface area contributed by atoms with Crippen LogP contribution in [-0.2, 0) is 9.59 Å². The van der Waals surface area contributed by atoms with Crippen molar-refractivity contribution in [2.75, 3.05) is 17.2 Å². The zero-order chi connectivity index (χ0) is 22.8. The van der Waals surface area contributed by atoms with Crippen LogP contribution < -0.4 is 16.2 Å². The molecule has 3 aromatic rings. The molecule has 8 nitrogen and oxygen atoms in total. The fraction of sp³-hybridized carbons (Fsp3) is 0.182. The molecule has 1 aliphatic carbocycles. The van der Waals surface area contributed by atoms with E-state index in [1.165, 1.54) is 41.2 Å². The van der Waals surface area contributed by atoms with Gasteiger partial charge in [-0.05, 0) is 30.3 Å². The van der Waals surface area contributed by atoms with Gasteiger partial charge in [0, 0.05) is 37.1 Å². The number of aliphatic hydroxyl groups excluding tert-OH is 1. The third-order valence-electron chi connectivity index (χ3n) is 5.27. The van der Waals surface area contributed by atoms with Crippen LogP contribution in [0.4, 0.5) is 15.9 Å². The lowest BCUT2D eigenvalue weighted by Gasteiger charge is -2.10. The number of aliphatic hydroxyl groups is 1. The summed E-state index contributed by atoms with van der Waals surface area (Å²) in [6.45, 7) is -0.372. The van der Waals surface area contributed by atoms with Crippen LogP contribution >= 0.6 is 11.6 Å². The average Bonchev–Trinajstić information content (AvgIpc) is 3.52. The van der Waals surface area contributed by atoms with Gasteiger partial charge in [-0.3, -0.25) is 19.0 Å². The Bertz CT molecular complexity index is 1230. The van der Waals surface area contributed by atoms with E-state index in [9.17, 15) is 23.9 Å². The lowest BCUT2D eigenvalue weighted by Crippen LogP contribution is -2.21. The van der Waals surface area contributed by atoms with Gasteiger partial charge in [0.05, 0.1) is 28.2 Å². The molecule has 0 saturated heterocycles. The number of benzene rings is 1. The van der Waals surface area contributed by atoms with Crippen LogP contribution in [-0.4, -0.2) is 33.1 Å². The predicted octanol–water partition coefficient (Wildman–Crippen LogP) is 2.46. The van der Waals surface area contributed by atoms with Crippen LogP contribution in [0, 0.1) is 23.6 Å². The summed E-state index contributed by atoms with van der Waals surface area (Å²) in [4.78, 5) is 41.0. The van der Waals surface area contributed by atoms with Gasteiger partial charge >= 0.3 is 0 Å². The van der Waals surface area contributed by atoms with E-state index in [0.717, 1.165) is 6.07 Å². The molecule has 2 amide bonds. The molecular formula is C22H18ClFN4O4. The second kappa shape index (κ2) is 8.89. The number of carbonyl (C=O) groups is 2. The number of halogens is 2. The number of pyridine rings is 2. The molecule has 1 unspecified atom stereocenters. The predicted molar refractivity (Wildman–Crippen MR) is 116 cm³/mol. The Morgan fingerprint density at radius 2 is 1.84 bits per heavy atom. The Hall–Kier alpha value is -3.56. The van der Waals surface area contributed by atoms with Crippen molar-refractivity contribution < 1.29 is 19.1 Å². The monoisotopic (exact) mass is 456 g/mol. The van der Waals surface area contributed by atoms with Crippen molar-refractivity contribution in [3.63, 3.8) is 0 Å². The summed E-state index contributed by atoms with van der Waals surface area (Å²) >= 11 is 5.77. The van der Waals surface area contributed by atoms with Crippen LogP contribution in [0.3, 0.4) is 0 Å². The standard InChI is InChI=1S/C22H18ClFN4O4/c23-12-4-7-17(25-10-12)27-22(32)20-14(11-29)19(20)21(31)26-16-6-5-13(9-15(16)24)28-8-2-1-3-18(28)30/h1-10,14,19-20,29H,11H2,(H,26,31)(H,25,27,32)/t14?,19-,20+/m1/s1. The topological polar surface area (TPSA) is 113 Å². The van der Waals surface area contributed by atoms with E-state index in [2.05, 4.69) is 15.6 Å². The maximum Gasteiger partial charge on any atom is 0.255 e. The highest BCUT2D eigenvalue weighted by atomic mass is 35.5. The summed E-state index contributed by atoms with van der Waals surface area (Å²) in [5.41, 5.74) is -0.111. The number of hydrogen-bond acceptors (Lipinski definition) is 5. The van der Waals surface area contributed by atoms with Crippen molar-refractivity contribution in [3.8, 4) is 5.69 Å². The number of rotatable bonds is 6. The van der Waals surface area contributed by atoms with E-state index in [4.69, 9.17) is 11.6 Å². The highest BCUT2D eigenvalue weighted by Gasteiger charge is 2.58. The number of aromatic nitrogens is 2. The molecule has 1 aliphatic rings. The zero-order valence-corrected chi connectivity index (χ0v) is 17.3. The first-order valence-electron chi connectivity index (χ1n) is 9.71. The highest BCUT2D eigenvalue weighted by molar-refractivity contribution is 6.30. The molecule has 32 heavy (non-hydrogen) atoms. The van der Waals surface area contributed by atoms with Gasteiger partial charge in [0.25, 0.3) is 5.56 Å². The van der Waals surface area contributed by atoms with Crippen LogP contribution in [0.15, 0.2) is 65.7 Å². The van der Waals surface area contributed by atoms with E-state index in [1.54, 1.807) is 18.2 Å². The van der Waals surface area contributed by atoms with Crippen molar-refractivity contribution in [1.82, 2.24) is 9.55 Å². The largest absolute Gasteiger partial charge is 0.396 e. The summed E-state index contributed by atoms with van der Waals surface area (Å²) in [5, 5.41) is 15.0. The number of nitrogens with one attached hydrogen (secondary N) is 2. The quantitative estimate of drug-likeness (QED) is 0.527. The number of amides is 2. The van der Waals surface area contributed by atoms with Crippen molar-refractivity contribution in [3.05, 3.63) is 82.1 Å². The number of hydrogen-bond donors (Lipinski definition) is 3. The van der Waals surface area contributed by atoms with Crippen LogP contribution in [0.1, 0.15) is 0 Å². The van der Waals surface area contributed by atoms with Crippen molar-refractivity contribution >= 4 is 34.9 Å². The number of carbonyl (C=O) groups excluding carboxylic acids is 2. The summed E-state index contributed by atoms with van der Waals surface area (Å²) in [6, 6.07) is 11.6. The van der Waals surface area contributed by atoms with Gasteiger partial charge in [0.2, 0.25) is 11.8 Å². The maximum absolute atomic E-state index is 14.6. The van der Waals surface area contributed by atoms with E-state index in [0.29, 0.717) is 10.7 Å². The van der Waals surface area contributed by atoms with Gasteiger partial charge < -0.3 is 15.7 Å². The first kappa shape index (κ1) is 21.7. The minimum absolute atomic E-state index is 0.0927. The van der Waals surface area contributed by atoms with Gasteiger partial charge in [0.1, 0.15) is 11.6 Å². The molecule has 0 radical (unpaired) electrons. The van der Waals surface area contributed by atoms with Gasteiger partial charge in [0.15, 0.2) is 0 Å². The van der Waals surface area contributed by atoms with Crippen molar-refractivity contribution in [2.45, 2.75) is 0 Å². The van der Waals surface area contributed by atoms with E-state index in [-0.39, 0.29) is 23.7 Å². The summed E-state index contributed by atoms with van der Waals surface area (Å²) < 4.78 is 15.9. The molecule has 0 spiro atoms. The molecule has 1 aromatic carbocycles. The fourth-order valence-corrected chi connectivity index (χ4v) is 3.70. The Morgan fingerprint density at radius 1 is 1.09 bits per heavy atom. The lowest BCUT2D eigenvalue weighted by molar-refractivity contribution is -0.122. The fourth-order valence-electron chi connectivity index (χ4n) is 3.59.